The molecule has 5 heteroatoms. The summed E-state index contributed by atoms with van der Waals surface area (Å²) in [6.45, 7) is 1.95. The Morgan fingerprint density at radius 3 is 2.67 bits per heavy atom. The predicted octanol–water partition coefficient (Wildman–Crippen LogP) is 2.92. The number of hydrogen-bond acceptors (Lipinski definition) is 4. The minimum atomic E-state index is 0.102. The van der Waals surface area contributed by atoms with Crippen molar-refractivity contribution < 1.29 is 4.74 Å². The van der Waals surface area contributed by atoms with Crippen molar-refractivity contribution in [2.45, 2.75) is 19.4 Å². The van der Waals surface area contributed by atoms with Crippen molar-refractivity contribution >= 4 is 15.9 Å². The van der Waals surface area contributed by atoms with Crippen LogP contribution in [-0.2, 0) is 6.42 Å². The van der Waals surface area contributed by atoms with Crippen LogP contribution in [0.1, 0.15) is 12.5 Å². The molecule has 18 heavy (non-hydrogen) atoms. The summed E-state index contributed by atoms with van der Waals surface area (Å²) in [6.07, 6.45) is 4.24. The second-order valence-corrected chi connectivity index (χ2v) is 5.03. The van der Waals surface area contributed by atoms with Gasteiger partial charge in [-0.3, -0.25) is 0 Å². The van der Waals surface area contributed by atoms with Gasteiger partial charge in [-0.25, -0.2) is 9.97 Å². The maximum Gasteiger partial charge on any atom is 0.321 e. The Bertz CT molecular complexity index is 514. The number of rotatable bonds is 4. The summed E-state index contributed by atoms with van der Waals surface area (Å²) in [5, 5.41) is 0. The SMILES string of the molecule is CC(N)Cc1cnc(Oc2cccc(Br)c2)nc1. The third kappa shape index (κ3) is 3.78. The van der Waals surface area contributed by atoms with Gasteiger partial charge < -0.3 is 10.5 Å². The largest absolute Gasteiger partial charge is 0.424 e. The fraction of sp³-hybridized carbons (Fsp3) is 0.231. The van der Waals surface area contributed by atoms with Gasteiger partial charge >= 0.3 is 6.01 Å². The first-order valence-electron chi connectivity index (χ1n) is 5.63. The molecule has 1 unspecified atom stereocenters. The molecule has 0 amide bonds. The van der Waals surface area contributed by atoms with Gasteiger partial charge in [-0.05, 0) is 37.1 Å². The van der Waals surface area contributed by atoms with Crippen LogP contribution in [0.4, 0.5) is 0 Å². The third-order valence-electron chi connectivity index (χ3n) is 2.24. The zero-order valence-electron chi connectivity index (χ0n) is 10.0. The predicted molar refractivity (Wildman–Crippen MR) is 73.6 cm³/mol. The van der Waals surface area contributed by atoms with Gasteiger partial charge in [-0.2, -0.15) is 0 Å². The Hall–Kier alpha value is -1.46. The molecule has 1 heterocycles. The molecule has 0 fully saturated rings. The van der Waals surface area contributed by atoms with Crippen LogP contribution in [0.5, 0.6) is 11.8 Å². The second-order valence-electron chi connectivity index (χ2n) is 4.11. The summed E-state index contributed by atoms with van der Waals surface area (Å²) in [6, 6.07) is 7.97. The van der Waals surface area contributed by atoms with Crippen molar-refractivity contribution in [2.24, 2.45) is 5.73 Å². The molecule has 0 aliphatic rings. The Morgan fingerprint density at radius 1 is 1.33 bits per heavy atom. The molecule has 0 saturated heterocycles. The van der Waals surface area contributed by atoms with E-state index in [0.29, 0.717) is 11.8 Å². The van der Waals surface area contributed by atoms with E-state index in [-0.39, 0.29) is 6.04 Å². The lowest BCUT2D eigenvalue weighted by molar-refractivity contribution is 0.440. The van der Waals surface area contributed by atoms with Crippen LogP contribution in [-0.4, -0.2) is 16.0 Å². The number of halogens is 1. The highest BCUT2D eigenvalue weighted by molar-refractivity contribution is 9.10. The van der Waals surface area contributed by atoms with E-state index in [0.717, 1.165) is 16.5 Å². The molecule has 1 aromatic carbocycles. The zero-order chi connectivity index (χ0) is 13.0. The molecule has 94 valence electrons. The number of benzene rings is 1. The number of nitrogens with zero attached hydrogens (tertiary/aromatic N) is 2. The highest BCUT2D eigenvalue weighted by Crippen LogP contribution is 2.21. The average molecular weight is 308 g/mol. The summed E-state index contributed by atoms with van der Waals surface area (Å²) in [5.74, 6) is 0.698. The molecule has 1 aromatic heterocycles. The van der Waals surface area contributed by atoms with E-state index in [1.165, 1.54) is 0 Å². The van der Waals surface area contributed by atoms with Crippen LogP contribution in [0.15, 0.2) is 41.1 Å². The molecule has 0 saturated carbocycles. The second kappa shape index (κ2) is 5.93. The van der Waals surface area contributed by atoms with Crippen LogP contribution in [0.2, 0.25) is 0 Å². The Balaban J connectivity index is 2.06. The number of ether oxygens (including phenoxy) is 1. The molecule has 1 atom stereocenters. The van der Waals surface area contributed by atoms with E-state index in [2.05, 4.69) is 25.9 Å². The summed E-state index contributed by atoms with van der Waals surface area (Å²) < 4.78 is 6.49. The summed E-state index contributed by atoms with van der Waals surface area (Å²) in [7, 11) is 0. The molecule has 0 aliphatic heterocycles. The first kappa shape index (κ1) is 13.0. The molecular weight excluding hydrogens is 294 g/mol. The molecule has 2 N–H and O–H groups in total. The minimum absolute atomic E-state index is 0.102. The van der Waals surface area contributed by atoms with Gasteiger partial charge in [0.05, 0.1) is 0 Å². The van der Waals surface area contributed by atoms with Crippen molar-refractivity contribution in [3.05, 3.63) is 46.7 Å². The Kier molecular flexibility index (Phi) is 4.28. The molecule has 2 rings (SSSR count). The van der Waals surface area contributed by atoms with Crippen molar-refractivity contribution in [2.75, 3.05) is 0 Å². The first-order chi connectivity index (χ1) is 8.63. The third-order valence-corrected chi connectivity index (χ3v) is 2.74. The molecule has 0 bridgehead atoms. The average Bonchev–Trinajstić information content (AvgIpc) is 2.31. The van der Waals surface area contributed by atoms with E-state index >= 15 is 0 Å². The lowest BCUT2D eigenvalue weighted by Gasteiger charge is -2.06. The van der Waals surface area contributed by atoms with Crippen LogP contribution >= 0.6 is 15.9 Å². The van der Waals surface area contributed by atoms with Crippen LogP contribution < -0.4 is 10.5 Å². The van der Waals surface area contributed by atoms with E-state index in [9.17, 15) is 0 Å². The fourth-order valence-electron chi connectivity index (χ4n) is 1.51. The number of aromatic nitrogens is 2. The normalized spacial score (nSPS) is 12.2. The van der Waals surface area contributed by atoms with Gasteiger partial charge in [-0.1, -0.05) is 22.0 Å². The monoisotopic (exact) mass is 307 g/mol. The minimum Gasteiger partial charge on any atom is -0.424 e. The molecular formula is C13H14BrN3O. The summed E-state index contributed by atoms with van der Waals surface area (Å²) in [5.41, 5.74) is 6.72. The van der Waals surface area contributed by atoms with Crippen LogP contribution in [0.3, 0.4) is 0 Å². The zero-order valence-corrected chi connectivity index (χ0v) is 11.6. The molecule has 0 radical (unpaired) electrons. The van der Waals surface area contributed by atoms with Gasteiger partial charge in [0.2, 0.25) is 0 Å². The molecule has 4 nitrogen and oxygen atoms in total. The Labute approximate surface area is 114 Å². The highest BCUT2D eigenvalue weighted by Gasteiger charge is 2.03. The summed E-state index contributed by atoms with van der Waals surface area (Å²) in [4.78, 5) is 8.31. The van der Waals surface area contributed by atoms with E-state index in [1.807, 2.05) is 31.2 Å². The molecule has 2 aromatic rings. The first-order valence-corrected chi connectivity index (χ1v) is 6.43. The Morgan fingerprint density at radius 2 is 2.06 bits per heavy atom. The van der Waals surface area contributed by atoms with Crippen LogP contribution in [0, 0.1) is 0 Å². The van der Waals surface area contributed by atoms with Crippen molar-refractivity contribution in [3.8, 4) is 11.8 Å². The van der Waals surface area contributed by atoms with Crippen LogP contribution in [0.25, 0.3) is 0 Å². The van der Waals surface area contributed by atoms with Crippen molar-refractivity contribution in [3.63, 3.8) is 0 Å². The highest BCUT2D eigenvalue weighted by atomic mass is 79.9. The van der Waals surface area contributed by atoms with Crippen molar-refractivity contribution in [1.29, 1.82) is 0 Å². The van der Waals surface area contributed by atoms with E-state index in [1.54, 1.807) is 12.4 Å². The van der Waals surface area contributed by atoms with Gasteiger partial charge in [0, 0.05) is 22.9 Å². The fourth-order valence-corrected chi connectivity index (χ4v) is 1.89. The van der Waals surface area contributed by atoms with Gasteiger partial charge in [0.25, 0.3) is 0 Å². The summed E-state index contributed by atoms with van der Waals surface area (Å²) >= 11 is 3.38. The number of hydrogen-bond donors (Lipinski definition) is 1. The lowest BCUT2D eigenvalue weighted by atomic mass is 10.1. The standard InChI is InChI=1S/C13H14BrN3O/c1-9(15)5-10-7-16-13(17-8-10)18-12-4-2-3-11(14)6-12/h2-4,6-9H,5,15H2,1H3. The quantitative estimate of drug-likeness (QED) is 0.943. The van der Waals surface area contributed by atoms with Gasteiger partial charge in [-0.15, -0.1) is 0 Å². The van der Waals surface area contributed by atoms with E-state index in [4.69, 9.17) is 10.5 Å². The van der Waals surface area contributed by atoms with Crippen molar-refractivity contribution in [1.82, 2.24) is 9.97 Å². The topological polar surface area (TPSA) is 61.0 Å². The maximum absolute atomic E-state index is 5.71. The maximum atomic E-state index is 5.71. The lowest BCUT2D eigenvalue weighted by Crippen LogP contribution is -2.17. The van der Waals surface area contributed by atoms with Gasteiger partial charge in [0.15, 0.2) is 0 Å². The molecule has 0 spiro atoms. The smallest absolute Gasteiger partial charge is 0.321 e. The van der Waals surface area contributed by atoms with Gasteiger partial charge in [0.1, 0.15) is 5.75 Å². The number of nitrogens with two attached hydrogens (primary N) is 1. The van der Waals surface area contributed by atoms with E-state index < -0.39 is 0 Å². The molecule has 0 aliphatic carbocycles.